The van der Waals surface area contributed by atoms with Crippen molar-refractivity contribution in [3.8, 4) is 0 Å². The number of fused-ring (bicyclic) bond motifs is 1. The summed E-state index contributed by atoms with van der Waals surface area (Å²) in [4.78, 5) is 35.0. The van der Waals surface area contributed by atoms with Crippen LogP contribution in [0.25, 0.3) is 0 Å². The number of hydrogen-bond donors (Lipinski definition) is 1. The van der Waals surface area contributed by atoms with Crippen molar-refractivity contribution in [3.05, 3.63) is 39.4 Å². The number of nitrogens with zero attached hydrogens (tertiary/aromatic N) is 3. The van der Waals surface area contributed by atoms with E-state index in [1.54, 1.807) is 11.3 Å². The molecule has 1 saturated heterocycles. The molecule has 2 aromatic rings. The molecule has 0 bridgehead atoms. The van der Waals surface area contributed by atoms with Gasteiger partial charge in [0, 0.05) is 43.4 Å². The van der Waals surface area contributed by atoms with Crippen LogP contribution in [0.1, 0.15) is 35.9 Å². The summed E-state index contributed by atoms with van der Waals surface area (Å²) in [6.45, 7) is 7.01. The Kier molecular flexibility index (Phi) is 6.29. The number of halogens is 1. The van der Waals surface area contributed by atoms with Crippen molar-refractivity contribution in [2.45, 2.75) is 39.5 Å². The lowest BCUT2D eigenvalue weighted by Crippen LogP contribution is -2.48. The number of rotatable bonds is 4. The highest BCUT2D eigenvalue weighted by Crippen LogP contribution is 2.35. The zero-order valence-electron chi connectivity index (χ0n) is 17.4. The van der Waals surface area contributed by atoms with Crippen molar-refractivity contribution < 1.29 is 9.59 Å². The van der Waals surface area contributed by atoms with Crippen LogP contribution in [0.5, 0.6) is 0 Å². The van der Waals surface area contributed by atoms with Crippen molar-refractivity contribution in [2.75, 3.05) is 36.4 Å². The molecule has 6 nitrogen and oxygen atoms in total. The Labute approximate surface area is 186 Å². The Morgan fingerprint density at radius 1 is 1.27 bits per heavy atom. The number of piperazine rings is 1. The molecule has 0 saturated carbocycles. The summed E-state index contributed by atoms with van der Waals surface area (Å²) >= 11 is 7.96. The number of nitrogens with one attached hydrogen (secondary N) is 1. The minimum Gasteiger partial charge on any atom is -0.345 e. The van der Waals surface area contributed by atoms with Crippen LogP contribution in [-0.2, 0) is 22.4 Å². The van der Waals surface area contributed by atoms with Crippen molar-refractivity contribution in [3.63, 3.8) is 0 Å². The Bertz CT molecular complexity index is 953. The van der Waals surface area contributed by atoms with Crippen LogP contribution in [0.3, 0.4) is 0 Å². The highest BCUT2D eigenvalue weighted by molar-refractivity contribution is 7.15. The molecule has 1 aliphatic carbocycles. The summed E-state index contributed by atoms with van der Waals surface area (Å²) in [5, 5.41) is 4.58. The van der Waals surface area contributed by atoms with Crippen LogP contribution < -0.4 is 10.2 Å². The Morgan fingerprint density at radius 2 is 2.03 bits per heavy atom. The van der Waals surface area contributed by atoms with E-state index < -0.39 is 0 Å². The second-order valence-electron chi connectivity index (χ2n) is 8.00. The molecule has 2 heterocycles. The number of anilines is 2. The van der Waals surface area contributed by atoms with Crippen molar-refractivity contribution >= 4 is 45.6 Å². The first-order valence-corrected chi connectivity index (χ1v) is 11.7. The number of benzene rings is 1. The predicted molar refractivity (Wildman–Crippen MR) is 122 cm³/mol. The van der Waals surface area contributed by atoms with Gasteiger partial charge in [0.25, 0.3) is 0 Å². The van der Waals surface area contributed by atoms with Gasteiger partial charge in [0.2, 0.25) is 11.8 Å². The largest absolute Gasteiger partial charge is 0.345 e. The Hall–Kier alpha value is -2.12. The molecule has 1 aromatic carbocycles. The summed E-state index contributed by atoms with van der Waals surface area (Å²) in [6, 6.07) is 5.67. The van der Waals surface area contributed by atoms with Crippen LogP contribution in [0.4, 0.5) is 10.8 Å². The fourth-order valence-corrected chi connectivity index (χ4v) is 5.57. The molecule has 1 atom stereocenters. The zero-order chi connectivity index (χ0) is 21.3. The van der Waals surface area contributed by atoms with Gasteiger partial charge in [-0.2, -0.15) is 0 Å². The van der Waals surface area contributed by atoms with Gasteiger partial charge in [-0.25, -0.2) is 4.98 Å². The van der Waals surface area contributed by atoms with Crippen LogP contribution in [0, 0.1) is 12.8 Å². The van der Waals surface area contributed by atoms with E-state index >= 15 is 0 Å². The van der Waals surface area contributed by atoms with Gasteiger partial charge in [-0.15, -0.1) is 11.3 Å². The standard InChI is InChI=1S/C22H27ClN4O2S/c1-3-20(28)26-8-10-27(11-9-26)22-25-18-7-5-15(13-19(18)30-22)21(29)24-17-6-4-14(2)12-16(17)23/h4,6,12,15H,3,5,7-11,13H2,1-2H3,(H,24,29). The molecule has 2 amide bonds. The minimum atomic E-state index is -0.0674. The van der Waals surface area contributed by atoms with E-state index in [1.165, 1.54) is 4.88 Å². The lowest BCUT2D eigenvalue weighted by atomic mass is 9.90. The first-order valence-electron chi connectivity index (χ1n) is 10.5. The van der Waals surface area contributed by atoms with Crippen LogP contribution in [0.2, 0.25) is 5.02 Å². The van der Waals surface area contributed by atoms with Gasteiger partial charge in [0.05, 0.1) is 16.4 Å². The summed E-state index contributed by atoms with van der Waals surface area (Å²) in [5.74, 6) is 0.172. The number of aryl methyl sites for hydroxylation is 2. The van der Waals surface area contributed by atoms with Crippen molar-refractivity contribution in [1.82, 2.24) is 9.88 Å². The monoisotopic (exact) mass is 446 g/mol. The minimum absolute atomic E-state index is 0.0213. The molecule has 0 spiro atoms. The molecule has 0 radical (unpaired) electrons. The molecule has 1 fully saturated rings. The van der Waals surface area contributed by atoms with Crippen molar-refractivity contribution in [2.24, 2.45) is 5.92 Å². The molecule has 1 aliphatic heterocycles. The van der Waals surface area contributed by atoms with Crippen LogP contribution in [0.15, 0.2) is 18.2 Å². The molecule has 1 N–H and O–H groups in total. The lowest BCUT2D eigenvalue weighted by molar-refractivity contribution is -0.131. The third-order valence-electron chi connectivity index (χ3n) is 5.89. The van der Waals surface area contributed by atoms with Crippen LogP contribution in [-0.4, -0.2) is 47.9 Å². The molecule has 1 aromatic heterocycles. The van der Waals surface area contributed by atoms with E-state index in [0.29, 0.717) is 17.1 Å². The number of carbonyl (C=O) groups is 2. The van der Waals surface area contributed by atoms with Crippen LogP contribution >= 0.6 is 22.9 Å². The number of amides is 2. The molecular formula is C22H27ClN4O2S. The smallest absolute Gasteiger partial charge is 0.227 e. The van der Waals surface area contributed by atoms with E-state index in [9.17, 15) is 9.59 Å². The Balaban J connectivity index is 1.38. The van der Waals surface area contributed by atoms with Gasteiger partial charge >= 0.3 is 0 Å². The second-order valence-corrected chi connectivity index (χ2v) is 9.47. The number of hydrogen-bond acceptors (Lipinski definition) is 5. The lowest BCUT2D eigenvalue weighted by Gasteiger charge is -2.34. The van der Waals surface area contributed by atoms with E-state index in [1.807, 2.05) is 36.9 Å². The molecule has 2 aliphatic rings. The average molecular weight is 447 g/mol. The van der Waals surface area contributed by atoms with Gasteiger partial charge in [0.15, 0.2) is 5.13 Å². The molecule has 30 heavy (non-hydrogen) atoms. The van der Waals surface area contributed by atoms with Gasteiger partial charge in [-0.3, -0.25) is 9.59 Å². The van der Waals surface area contributed by atoms with Gasteiger partial charge in [-0.1, -0.05) is 24.6 Å². The van der Waals surface area contributed by atoms with Crippen molar-refractivity contribution in [1.29, 1.82) is 0 Å². The zero-order valence-corrected chi connectivity index (χ0v) is 19.0. The Morgan fingerprint density at radius 3 is 2.73 bits per heavy atom. The molecule has 1 unspecified atom stereocenters. The van der Waals surface area contributed by atoms with E-state index in [0.717, 1.165) is 61.8 Å². The quantitative estimate of drug-likeness (QED) is 0.773. The fourth-order valence-electron chi connectivity index (χ4n) is 4.05. The predicted octanol–water partition coefficient (Wildman–Crippen LogP) is 3.91. The molecule has 160 valence electrons. The first kappa shape index (κ1) is 21.1. The maximum atomic E-state index is 12.8. The maximum Gasteiger partial charge on any atom is 0.227 e. The molecule has 4 rings (SSSR count). The number of aromatic nitrogens is 1. The second kappa shape index (κ2) is 8.94. The molecule has 8 heteroatoms. The van der Waals surface area contributed by atoms with E-state index in [2.05, 4.69) is 10.2 Å². The topological polar surface area (TPSA) is 65.5 Å². The van der Waals surface area contributed by atoms with E-state index in [4.69, 9.17) is 16.6 Å². The highest BCUT2D eigenvalue weighted by Gasteiger charge is 2.30. The SMILES string of the molecule is CCC(=O)N1CCN(c2nc3c(s2)CC(C(=O)Nc2ccc(C)cc2Cl)CC3)CC1. The third-order valence-corrected chi connectivity index (χ3v) is 7.38. The highest BCUT2D eigenvalue weighted by atomic mass is 35.5. The van der Waals surface area contributed by atoms with Gasteiger partial charge in [0.1, 0.15) is 0 Å². The third kappa shape index (κ3) is 4.47. The summed E-state index contributed by atoms with van der Waals surface area (Å²) in [6.07, 6.45) is 2.89. The average Bonchev–Trinajstić information content (AvgIpc) is 3.18. The number of thiazole rings is 1. The fraction of sp³-hybridized carbons (Fsp3) is 0.500. The summed E-state index contributed by atoms with van der Waals surface area (Å²) in [5.41, 5.74) is 2.86. The maximum absolute atomic E-state index is 12.8. The van der Waals surface area contributed by atoms with E-state index in [-0.39, 0.29) is 17.7 Å². The molecular weight excluding hydrogens is 420 g/mol. The normalized spacial score (nSPS) is 18.8. The number of carbonyl (C=O) groups excluding carboxylic acids is 2. The summed E-state index contributed by atoms with van der Waals surface area (Å²) in [7, 11) is 0. The first-order chi connectivity index (χ1) is 14.4. The summed E-state index contributed by atoms with van der Waals surface area (Å²) < 4.78 is 0. The van der Waals surface area contributed by atoms with Gasteiger partial charge in [-0.05, 0) is 43.9 Å². The van der Waals surface area contributed by atoms with Gasteiger partial charge < -0.3 is 15.1 Å².